The van der Waals surface area contributed by atoms with E-state index in [-0.39, 0.29) is 5.56 Å². The Morgan fingerprint density at radius 3 is 2.89 bits per heavy atom. The van der Waals surface area contributed by atoms with E-state index in [1.165, 1.54) is 6.07 Å². The maximum Gasteiger partial charge on any atom is 0.132 e. The zero-order chi connectivity index (χ0) is 13.4. The van der Waals surface area contributed by atoms with Gasteiger partial charge in [0, 0.05) is 17.8 Å². The molecule has 0 saturated heterocycles. The van der Waals surface area contributed by atoms with Gasteiger partial charge >= 0.3 is 0 Å². The fourth-order valence-electron chi connectivity index (χ4n) is 2.67. The third kappa shape index (κ3) is 2.04. The van der Waals surface area contributed by atoms with Gasteiger partial charge < -0.3 is 10.3 Å². The predicted octanol–water partition coefficient (Wildman–Crippen LogP) is 2.62. The van der Waals surface area contributed by atoms with E-state index in [2.05, 4.69) is 4.98 Å². The molecule has 2 aromatic rings. The fraction of sp³-hybridized carbons (Fsp3) is 0.357. The molecule has 1 aromatic carbocycles. The third-order valence-corrected chi connectivity index (χ3v) is 3.56. The molecule has 19 heavy (non-hydrogen) atoms. The molecule has 2 N–H and O–H groups in total. The molecule has 0 bridgehead atoms. The van der Waals surface area contributed by atoms with Crippen molar-refractivity contribution in [2.45, 2.75) is 32.4 Å². The lowest BCUT2D eigenvalue weighted by Gasteiger charge is -2.17. The molecule has 100 valence electrons. The minimum atomic E-state index is -0.455. The van der Waals surface area contributed by atoms with Crippen LogP contribution in [0.15, 0.2) is 18.2 Å². The second-order valence-electron chi connectivity index (χ2n) is 4.76. The van der Waals surface area contributed by atoms with Crippen LogP contribution in [0.3, 0.4) is 0 Å². The van der Waals surface area contributed by atoms with Gasteiger partial charge in [0.05, 0.1) is 12.2 Å². The zero-order valence-corrected chi connectivity index (χ0v) is 10.5. The Hall–Kier alpha value is -1.75. The number of aromatic nitrogens is 2. The summed E-state index contributed by atoms with van der Waals surface area (Å²) in [5.74, 6) is -0.159. The maximum atomic E-state index is 13.9. The summed E-state index contributed by atoms with van der Waals surface area (Å²) in [6.07, 6.45) is 2.94. The Kier molecular flexibility index (Phi) is 3.06. The highest BCUT2D eigenvalue weighted by Gasteiger charge is 2.22. The summed E-state index contributed by atoms with van der Waals surface area (Å²) in [5, 5.41) is 0. The summed E-state index contributed by atoms with van der Waals surface area (Å²) < 4.78 is 29.3. The van der Waals surface area contributed by atoms with Crippen molar-refractivity contribution >= 4 is 0 Å². The van der Waals surface area contributed by atoms with Crippen molar-refractivity contribution < 1.29 is 8.78 Å². The van der Waals surface area contributed by atoms with Crippen molar-refractivity contribution in [3.63, 3.8) is 0 Å². The Morgan fingerprint density at radius 1 is 1.26 bits per heavy atom. The number of nitrogens with two attached hydrogens (primary N) is 1. The van der Waals surface area contributed by atoms with E-state index in [1.807, 2.05) is 4.57 Å². The first kappa shape index (κ1) is 12.3. The highest BCUT2D eigenvalue weighted by Crippen LogP contribution is 2.30. The number of rotatable bonds is 2. The van der Waals surface area contributed by atoms with Gasteiger partial charge in [0.15, 0.2) is 0 Å². The van der Waals surface area contributed by atoms with Crippen molar-refractivity contribution in [2.75, 3.05) is 0 Å². The molecular weight excluding hydrogens is 248 g/mol. The highest BCUT2D eigenvalue weighted by atomic mass is 19.1. The standard InChI is InChI=1S/C14H15F2N3/c15-9-4-5-11(16)10(7-9)14-12-3-1-2-6-19(12)13(8-17)18-14/h4-5,7H,1-3,6,8,17H2. The Morgan fingerprint density at radius 2 is 2.11 bits per heavy atom. The molecule has 2 heterocycles. The first-order valence-electron chi connectivity index (χ1n) is 6.44. The van der Waals surface area contributed by atoms with Gasteiger partial charge in [0.1, 0.15) is 17.5 Å². The normalized spacial score (nSPS) is 14.5. The van der Waals surface area contributed by atoms with Crippen LogP contribution < -0.4 is 5.73 Å². The number of imidazole rings is 1. The van der Waals surface area contributed by atoms with Gasteiger partial charge in [0.25, 0.3) is 0 Å². The number of benzene rings is 1. The first-order valence-corrected chi connectivity index (χ1v) is 6.44. The molecule has 0 amide bonds. The third-order valence-electron chi connectivity index (χ3n) is 3.56. The number of hydrogen-bond acceptors (Lipinski definition) is 2. The second-order valence-corrected chi connectivity index (χ2v) is 4.76. The van der Waals surface area contributed by atoms with Crippen LogP contribution in [0.1, 0.15) is 24.4 Å². The molecule has 0 fully saturated rings. The van der Waals surface area contributed by atoms with E-state index in [4.69, 9.17) is 5.73 Å². The summed E-state index contributed by atoms with van der Waals surface area (Å²) in [5.41, 5.74) is 7.42. The van der Waals surface area contributed by atoms with Crippen LogP contribution in [0.5, 0.6) is 0 Å². The van der Waals surface area contributed by atoms with Gasteiger partial charge in [-0.15, -0.1) is 0 Å². The molecule has 0 saturated carbocycles. The van der Waals surface area contributed by atoms with E-state index < -0.39 is 11.6 Å². The summed E-state index contributed by atoms with van der Waals surface area (Å²) >= 11 is 0. The smallest absolute Gasteiger partial charge is 0.132 e. The molecule has 3 nitrogen and oxygen atoms in total. The number of fused-ring (bicyclic) bond motifs is 1. The maximum absolute atomic E-state index is 13.9. The number of hydrogen-bond donors (Lipinski definition) is 1. The van der Waals surface area contributed by atoms with Crippen molar-refractivity contribution in [2.24, 2.45) is 5.73 Å². The average Bonchev–Trinajstić information content (AvgIpc) is 2.80. The second kappa shape index (κ2) is 4.74. The number of halogens is 2. The van der Waals surface area contributed by atoms with Crippen LogP contribution in [-0.2, 0) is 19.5 Å². The van der Waals surface area contributed by atoms with Crippen molar-refractivity contribution in [3.8, 4) is 11.3 Å². The predicted molar refractivity (Wildman–Crippen MR) is 68.4 cm³/mol. The zero-order valence-electron chi connectivity index (χ0n) is 10.5. The Labute approximate surface area is 110 Å². The minimum absolute atomic E-state index is 0.227. The summed E-state index contributed by atoms with van der Waals surface area (Å²) in [6, 6.07) is 3.46. The van der Waals surface area contributed by atoms with Crippen LogP contribution in [-0.4, -0.2) is 9.55 Å². The monoisotopic (exact) mass is 263 g/mol. The first-order chi connectivity index (χ1) is 9.20. The average molecular weight is 263 g/mol. The van der Waals surface area contributed by atoms with Gasteiger partial charge in [-0.2, -0.15) is 0 Å². The van der Waals surface area contributed by atoms with Crippen LogP contribution in [0.2, 0.25) is 0 Å². The van der Waals surface area contributed by atoms with E-state index in [0.29, 0.717) is 12.2 Å². The van der Waals surface area contributed by atoms with E-state index in [1.54, 1.807) is 0 Å². The lowest BCUT2D eigenvalue weighted by molar-refractivity contribution is 0.515. The lowest BCUT2D eigenvalue weighted by Crippen LogP contribution is -2.15. The van der Waals surface area contributed by atoms with E-state index in [9.17, 15) is 8.78 Å². The lowest BCUT2D eigenvalue weighted by atomic mass is 10.0. The van der Waals surface area contributed by atoms with Crippen LogP contribution >= 0.6 is 0 Å². The summed E-state index contributed by atoms with van der Waals surface area (Å²) in [6.45, 7) is 1.16. The van der Waals surface area contributed by atoms with Crippen molar-refractivity contribution in [1.82, 2.24) is 9.55 Å². The largest absolute Gasteiger partial charge is 0.330 e. The molecule has 0 unspecified atom stereocenters. The van der Waals surface area contributed by atoms with Gasteiger partial charge in [-0.05, 0) is 37.5 Å². The van der Waals surface area contributed by atoms with Crippen molar-refractivity contribution in [3.05, 3.63) is 41.4 Å². The molecule has 0 atom stereocenters. The number of nitrogens with zero attached hydrogens (tertiary/aromatic N) is 2. The van der Waals surface area contributed by atoms with Gasteiger partial charge in [-0.3, -0.25) is 0 Å². The van der Waals surface area contributed by atoms with Crippen LogP contribution in [0.4, 0.5) is 8.78 Å². The molecule has 1 aliphatic heterocycles. The van der Waals surface area contributed by atoms with Gasteiger partial charge in [0.2, 0.25) is 0 Å². The topological polar surface area (TPSA) is 43.8 Å². The fourth-order valence-corrected chi connectivity index (χ4v) is 2.67. The molecule has 5 heteroatoms. The SMILES string of the molecule is NCc1nc(-c2cc(F)ccc2F)c2n1CCCC2. The van der Waals surface area contributed by atoms with Crippen LogP contribution in [0.25, 0.3) is 11.3 Å². The Balaban J connectivity index is 2.19. The quantitative estimate of drug-likeness (QED) is 0.905. The van der Waals surface area contributed by atoms with Gasteiger partial charge in [-0.25, -0.2) is 13.8 Å². The minimum Gasteiger partial charge on any atom is -0.330 e. The highest BCUT2D eigenvalue weighted by molar-refractivity contribution is 5.63. The Bertz CT molecular complexity index is 619. The molecule has 1 aromatic heterocycles. The summed E-state index contributed by atoms with van der Waals surface area (Å²) in [7, 11) is 0. The molecule has 0 radical (unpaired) electrons. The van der Waals surface area contributed by atoms with E-state index in [0.717, 1.165) is 49.5 Å². The molecule has 3 rings (SSSR count). The van der Waals surface area contributed by atoms with Crippen LogP contribution in [0, 0.1) is 11.6 Å². The molecule has 0 aliphatic carbocycles. The van der Waals surface area contributed by atoms with Crippen molar-refractivity contribution in [1.29, 1.82) is 0 Å². The molecule has 0 spiro atoms. The van der Waals surface area contributed by atoms with E-state index >= 15 is 0 Å². The molecular formula is C14H15F2N3. The summed E-state index contributed by atoms with van der Waals surface area (Å²) in [4.78, 5) is 4.41. The molecule has 1 aliphatic rings. The van der Waals surface area contributed by atoms with Gasteiger partial charge in [-0.1, -0.05) is 0 Å².